The zero-order chi connectivity index (χ0) is 15.8. The molecule has 0 amide bonds. The van der Waals surface area contributed by atoms with Gasteiger partial charge in [0.05, 0.1) is 0 Å². The van der Waals surface area contributed by atoms with E-state index < -0.39 is 0 Å². The van der Waals surface area contributed by atoms with E-state index in [0.29, 0.717) is 5.92 Å². The second-order valence-electron chi connectivity index (χ2n) is 5.37. The first-order valence-electron chi connectivity index (χ1n) is 8.40. The van der Waals surface area contributed by atoms with E-state index in [0.717, 1.165) is 64.3 Å². The van der Waals surface area contributed by atoms with E-state index in [1.807, 2.05) is 0 Å². The zero-order valence-electron chi connectivity index (χ0n) is 14.6. The predicted octanol–water partition coefficient (Wildman–Crippen LogP) is 2.77. The van der Waals surface area contributed by atoms with E-state index in [1.165, 1.54) is 6.42 Å². The Morgan fingerprint density at radius 3 is 2.50 bits per heavy atom. The Labute approximate surface area is 153 Å². The Hall–Kier alpha value is -0.0800. The van der Waals surface area contributed by atoms with Gasteiger partial charge >= 0.3 is 0 Å². The van der Waals surface area contributed by atoms with Crippen LogP contribution in [0.2, 0.25) is 0 Å². The van der Waals surface area contributed by atoms with Crippen LogP contribution in [-0.2, 0) is 4.74 Å². The van der Waals surface area contributed by atoms with E-state index in [9.17, 15) is 0 Å². The Balaban J connectivity index is 0. The fraction of sp³-hybridized carbons (Fsp3) is 0.938. The van der Waals surface area contributed by atoms with Crippen molar-refractivity contribution in [3.63, 3.8) is 0 Å². The molecule has 0 spiro atoms. The first-order chi connectivity index (χ1) is 10.3. The number of methoxy groups -OCH3 is 1. The Morgan fingerprint density at radius 1 is 1.14 bits per heavy atom. The minimum Gasteiger partial charge on any atom is -0.396 e. The highest BCUT2D eigenvalue weighted by Gasteiger charge is 2.07. The van der Waals surface area contributed by atoms with Crippen molar-refractivity contribution in [2.24, 2.45) is 10.9 Å². The Bertz CT molecular complexity index is 248. The summed E-state index contributed by atoms with van der Waals surface area (Å²) in [5.41, 5.74) is 0. The maximum atomic E-state index is 9.09. The van der Waals surface area contributed by atoms with Crippen molar-refractivity contribution < 1.29 is 9.84 Å². The van der Waals surface area contributed by atoms with Crippen LogP contribution < -0.4 is 10.6 Å². The lowest BCUT2D eigenvalue weighted by molar-refractivity contribution is 0.192. The first kappa shape index (κ1) is 24.2. The number of nitrogens with one attached hydrogen (secondary N) is 2. The standard InChI is InChI=1S/C16H35N3O2.HI/c1-4-9-15(10-12-20)14-19-16(17-5-2)18-11-7-6-8-13-21-3;/h15,20H,4-14H2,1-3H3,(H2,17,18,19);1H. The summed E-state index contributed by atoms with van der Waals surface area (Å²) in [6.45, 7) is 7.94. The molecule has 0 aliphatic rings. The number of hydrogen-bond acceptors (Lipinski definition) is 3. The molecule has 0 radical (unpaired) electrons. The van der Waals surface area contributed by atoms with Crippen LogP contribution in [0.5, 0.6) is 0 Å². The third kappa shape index (κ3) is 14.8. The van der Waals surface area contributed by atoms with Crippen molar-refractivity contribution >= 4 is 29.9 Å². The van der Waals surface area contributed by atoms with Gasteiger partial charge in [-0.2, -0.15) is 0 Å². The van der Waals surface area contributed by atoms with Gasteiger partial charge in [0.25, 0.3) is 0 Å². The molecule has 1 atom stereocenters. The van der Waals surface area contributed by atoms with Gasteiger partial charge in [0.1, 0.15) is 0 Å². The van der Waals surface area contributed by atoms with E-state index in [-0.39, 0.29) is 30.6 Å². The van der Waals surface area contributed by atoms with Gasteiger partial charge in [0.15, 0.2) is 5.96 Å². The van der Waals surface area contributed by atoms with Crippen LogP contribution in [0.3, 0.4) is 0 Å². The molecule has 0 saturated heterocycles. The molecule has 0 aromatic rings. The monoisotopic (exact) mass is 429 g/mol. The van der Waals surface area contributed by atoms with Crippen LogP contribution in [0.4, 0.5) is 0 Å². The molecular formula is C16H36IN3O2. The van der Waals surface area contributed by atoms with Crippen LogP contribution in [0, 0.1) is 5.92 Å². The van der Waals surface area contributed by atoms with Gasteiger partial charge in [0, 0.05) is 40.0 Å². The molecule has 0 saturated carbocycles. The van der Waals surface area contributed by atoms with Crippen molar-refractivity contribution in [1.29, 1.82) is 0 Å². The van der Waals surface area contributed by atoms with Gasteiger partial charge in [-0.3, -0.25) is 4.99 Å². The van der Waals surface area contributed by atoms with E-state index in [1.54, 1.807) is 7.11 Å². The number of halogens is 1. The summed E-state index contributed by atoms with van der Waals surface area (Å²) >= 11 is 0. The fourth-order valence-corrected chi connectivity index (χ4v) is 2.23. The third-order valence-corrected chi connectivity index (χ3v) is 3.40. The van der Waals surface area contributed by atoms with Crippen LogP contribution in [0.1, 0.15) is 52.4 Å². The van der Waals surface area contributed by atoms with Crippen molar-refractivity contribution in [1.82, 2.24) is 10.6 Å². The summed E-state index contributed by atoms with van der Waals surface area (Å²) in [6.07, 6.45) is 6.52. The van der Waals surface area contributed by atoms with Crippen LogP contribution in [-0.4, -0.2) is 51.0 Å². The lowest BCUT2D eigenvalue weighted by Gasteiger charge is -2.15. The second-order valence-corrected chi connectivity index (χ2v) is 5.37. The Morgan fingerprint density at radius 2 is 1.91 bits per heavy atom. The minimum absolute atomic E-state index is 0. The molecule has 0 aliphatic heterocycles. The predicted molar refractivity (Wildman–Crippen MR) is 105 cm³/mol. The highest BCUT2D eigenvalue weighted by molar-refractivity contribution is 14.0. The topological polar surface area (TPSA) is 65.9 Å². The molecule has 134 valence electrons. The summed E-state index contributed by atoms with van der Waals surface area (Å²) in [7, 11) is 1.74. The summed E-state index contributed by atoms with van der Waals surface area (Å²) < 4.78 is 5.04. The smallest absolute Gasteiger partial charge is 0.191 e. The van der Waals surface area contributed by atoms with Gasteiger partial charge < -0.3 is 20.5 Å². The molecule has 5 nitrogen and oxygen atoms in total. The van der Waals surface area contributed by atoms with Crippen LogP contribution in [0.15, 0.2) is 4.99 Å². The average molecular weight is 429 g/mol. The molecule has 0 heterocycles. The largest absolute Gasteiger partial charge is 0.396 e. The molecule has 0 aromatic carbocycles. The number of nitrogens with zero attached hydrogens (tertiary/aromatic N) is 1. The van der Waals surface area contributed by atoms with Gasteiger partial charge in [-0.1, -0.05) is 13.3 Å². The van der Waals surface area contributed by atoms with E-state index in [2.05, 4.69) is 29.5 Å². The molecular weight excluding hydrogens is 393 g/mol. The molecule has 0 rings (SSSR count). The molecule has 3 N–H and O–H groups in total. The van der Waals surface area contributed by atoms with Crippen molar-refractivity contribution in [2.75, 3.05) is 40.0 Å². The molecule has 0 bridgehead atoms. The SMILES string of the molecule is CCCC(CCO)CN=C(NCC)NCCCCCOC.I. The summed E-state index contributed by atoms with van der Waals surface area (Å²) in [6, 6.07) is 0. The lowest BCUT2D eigenvalue weighted by Crippen LogP contribution is -2.38. The van der Waals surface area contributed by atoms with Gasteiger partial charge in [0.2, 0.25) is 0 Å². The maximum Gasteiger partial charge on any atom is 0.191 e. The lowest BCUT2D eigenvalue weighted by atomic mass is 10.0. The van der Waals surface area contributed by atoms with Gasteiger partial charge in [-0.25, -0.2) is 0 Å². The summed E-state index contributed by atoms with van der Waals surface area (Å²) in [5.74, 6) is 1.38. The number of hydrogen-bond donors (Lipinski definition) is 3. The van der Waals surface area contributed by atoms with E-state index in [4.69, 9.17) is 9.84 Å². The molecule has 0 aliphatic carbocycles. The quantitative estimate of drug-likeness (QED) is 0.182. The molecule has 0 fully saturated rings. The first-order valence-corrected chi connectivity index (χ1v) is 8.40. The fourth-order valence-electron chi connectivity index (χ4n) is 2.23. The van der Waals surface area contributed by atoms with Crippen LogP contribution >= 0.6 is 24.0 Å². The van der Waals surface area contributed by atoms with Crippen LogP contribution in [0.25, 0.3) is 0 Å². The third-order valence-electron chi connectivity index (χ3n) is 3.40. The van der Waals surface area contributed by atoms with Crippen molar-refractivity contribution in [3.8, 4) is 0 Å². The minimum atomic E-state index is 0. The normalized spacial score (nSPS) is 12.6. The van der Waals surface area contributed by atoms with Gasteiger partial charge in [-0.15, -0.1) is 24.0 Å². The number of rotatable bonds is 13. The number of aliphatic imine (C=N–C) groups is 1. The second kappa shape index (κ2) is 19.0. The van der Waals surface area contributed by atoms with Crippen molar-refractivity contribution in [2.45, 2.75) is 52.4 Å². The highest BCUT2D eigenvalue weighted by atomic mass is 127. The number of guanidine groups is 1. The summed E-state index contributed by atoms with van der Waals surface area (Å²) in [4.78, 5) is 4.64. The average Bonchev–Trinajstić information content (AvgIpc) is 2.48. The zero-order valence-corrected chi connectivity index (χ0v) is 16.9. The molecule has 1 unspecified atom stereocenters. The number of aliphatic hydroxyl groups excluding tert-OH is 1. The molecule has 6 heteroatoms. The summed E-state index contributed by atoms with van der Waals surface area (Å²) in [5, 5.41) is 15.7. The van der Waals surface area contributed by atoms with Crippen molar-refractivity contribution in [3.05, 3.63) is 0 Å². The van der Waals surface area contributed by atoms with Gasteiger partial charge in [-0.05, 0) is 44.9 Å². The number of unbranched alkanes of at least 4 members (excludes halogenated alkanes) is 2. The number of ether oxygens (including phenoxy) is 1. The number of aliphatic hydroxyl groups is 1. The molecule has 22 heavy (non-hydrogen) atoms. The van der Waals surface area contributed by atoms with E-state index >= 15 is 0 Å². The Kier molecular flexibility index (Phi) is 20.8. The molecule has 0 aromatic heterocycles. The maximum absolute atomic E-state index is 9.09. The highest BCUT2D eigenvalue weighted by Crippen LogP contribution is 2.10.